The van der Waals surface area contributed by atoms with Crippen LogP contribution in [0.25, 0.3) is 0 Å². The van der Waals surface area contributed by atoms with Gasteiger partial charge in [0, 0.05) is 23.2 Å². The van der Waals surface area contributed by atoms with Crippen molar-refractivity contribution in [2.24, 2.45) is 0 Å². The van der Waals surface area contributed by atoms with Crippen LogP contribution in [0.5, 0.6) is 11.5 Å². The Morgan fingerprint density at radius 1 is 1.09 bits per heavy atom. The van der Waals surface area contributed by atoms with Gasteiger partial charge in [-0.15, -0.1) is 0 Å². The summed E-state index contributed by atoms with van der Waals surface area (Å²) < 4.78 is 23.5. The van der Waals surface area contributed by atoms with Crippen molar-refractivity contribution in [1.82, 2.24) is 5.32 Å². The van der Waals surface area contributed by atoms with Crippen LogP contribution in [0.1, 0.15) is 11.1 Å². The molecule has 0 spiro atoms. The van der Waals surface area contributed by atoms with E-state index in [0.29, 0.717) is 23.1 Å². The first kappa shape index (κ1) is 16.6. The largest absolute Gasteiger partial charge is 0.493 e. The summed E-state index contributed by atoms with van der Waals surface area (Å²) in [5, 5.41) is 3.93. The molecule has 0 saturated heterocycles. The Hall–Kier alpha value is -1.78. The van der Waals surface area contributed by atoms with Gasteiger partial charge in [0.15, 0.2) is 11.5 Å². The molecule has 0 fully saturated rings. The van der Waals surface area contributed by atoms with E-state index in [1.54, 1.807) is 32.4 Å². The minimum atomic E-state index is -0.215. The SMILES string of the molecule is COc1cc(Cl)cc(CNCCc2ccc(F)cc2)c1OC. The van der Waals surface area contributed by atoms with E-state index < -0.39 is 0 Å². The monoisotopic (exact) mass is 323 g/mol. The summed E-state index contributed by atoms with van der Waals surface area (Å²) in [6, 6.07) is 10.1. The lowest BCUT2D eigenvalue weighted by molar-refractivity contribution is 0.351. The van der Waals surface area contributed by atoms with Crippen molar-refractivity contribution in [2.45, 2.75) is 13.0 Å². The van der Waals surface area contributed by atoms with Crippen molar-refractivity contribution in [3.8, 4) is 11.5 Å². The molecule has 5 heteroatoms. The molecule has 0 atom stereocenters. The Morgan fingerprint density at radius 3 is 2.45 bits per heavy atom. The van der Waals surface area contributed by atoms with Gasteiger partial charge in [-0.05, 0) is 36.7 Å². The molecule has 2 rings (SSSR count). The predicted octanol–water partition coefficient (Wildman–Crippen LogP) is 3.83. The smallest absolute Gasteiger partial charge is 0.165 e. The van der Waals surface area contributed by atoms with Gasteiger partial charge >= 0.3 is 0 Å². The lowest BCUT2D eigenvalue weighted by atomic mass is 10.1. The summed E-state index contributed by atoms with van der Waals surface area (Å²) in [5.41, 5.74) is 2.02. The van der Waals surface area contributed by atoms with Crippen LogP contribution in [-0.4, -0.2) is 20.8 Å². The quantitative estimate of drug-likeness (QED) is 0.786. The van der Waals surface area contributed by atoms with Crippen LogP contribution in [-0.2, 0) is 13.0 Å². The minimum Gasteiger partial charge on any atom is -0.493 e. The predicted molar refractivity (Wildman–Crippen MR) is 86.4 cm³/mol. The Labute approximate surface area is 135 Å². The lowest BCUT2D eigenvalue weighted by Gasteiger charge is -2.14. The minimum absolute atomic E-state index is 0.215. The fourth-order valence-electron chi connectivity index (χ4n) is 2.24. The van der Waals surface area contributed by atoms with E-state index in [0.717, 1.165) is 24.1 Å². The molecule has 2 aromatic rings. The van der Waals surface area contributed by atoms with E-state index in [1.165, 1.54) is 12.1 Å². The molecule has 0 aliphatic rings. The second kappa shape index (κ2) is 8.01. The standard InChI is InChI=1S/C17H19ClFNO2/c1-21-16-10-14(18)9-13(17(16)22-2)11-20-8-7-12-3-5-15(19)6-4-12/h3-6,9-10,20H,7-8,11H2,1-2H3. The zero-order chi connectivity index (χ0) is 15.9. The summed E-state index contributed by atoms with van der Waals surface area (Å²) >= 11 is 6.08. The molecule has 0 aliphatic carbocycles. The number of hydrogen-bond donors (Lipinski definition) is 1. The van der Waals surface area contributed by atoms with Crippen LogP contribution >= 0.6 is 11.6 Å². The van der Waals surface area contributed by atoms with Crippen LogP contribution in [0, 0.1) is 5.82 Å². The van der Waals surface area contributed by atoms with Gasteiger partial charge in [-0.25, -0.2) is 4.39 Å². The lowest BCUT2D eigenvalue weighted by Crippen LogP contribution is -2.17. The normalized spacial score (nSPS) is 10.5. The van der Waals surface area contributed by atoms with Crippen molar-refractivity contribution in [2.75, 3.05) is 20.8 Å². The molecule has 22 heavy (non-hydrogen) atoms. The molecule has 1 N–H and O–H groups in total. The van der Waals surface area contributed by atoms with Gasteiger partial charge in [-0.2, -0.15) is 0 Å². The second-order valence-electron chi connectivity index (χ2n) is 4.85. The van der Waals surface area contributed by atoms with Crippen LogP contribution in [0.15, 0.2) is 36.4 Å². The first-order chi connectivity index (χ1) is 10.6. The van der Waals surface area contributed by atoms with Gasteiger partial charge in [0.05, 0.1) is 14.2 Å². The number of benzene rings is 2. The topological polar surface area (TPSA) is 30.5 Å². The Balaban J connectivity index is 1.94. The number of halogens is 2. The summed E-state index contributed by atoms with van der Waals surface area (Å²) in [7, 11) is 3.19. The molecule has 0 radical (unpaired) electrons. The highest BCUT2D eigenvalue weighted by Gasteiger charge is 2.11. The first-order valence-corrected chi connectivity index (χ1v) is 7.37. The highest BCUT2D eigenvalue weighted by Crippen LogP contribution is 2.34. The van der Waals surface area contributed by atoms with Gasteiger partial charge in [0.25, 0.3) is 0 Å². The van der Waals surface area contributed by atoms with E-state index in [-0.39, 0.29) is 5.82 Å². The molecule has 0 saturated carbocycles. The fourth-order valence-corrected chi connectivity index (χ4v) is 2.47. The summed E-state index contributed by atoms with van der Waals surface area (Å²) in [6.45, 7) is 1.38. The van der Waals surface area contributed by atoms with Crippen molar-refractivity contribution >= 4 is 11.6 Å². The van der Waals surface area contributed by atoms with Crippen LogP contribution < -0.4 is 14.8 Å². The third-order valence-electron chi connectivity index (χ3n) is 3.34. The molecular formula is C17H19ClFNO2. The summed E-state index contributed by atoms with van der Waals surface area (Å²) in [5.74, 6) is 1.08. The average Bonchev–Trinajstić information content (AvgIpc) is 2.52. The summed E-state index contributed by atoms with van der Waals surface area (Å²) in [4.78, 5) is 0. The van der Waals surface area contributed by atoms with E-state index in [2.05, 4.69) is 5.32 Å². The third kappa shape index (κ3) is 4.36. The van der Waals surface area contributed by atoms with Gasteiger partial charge in [0.1, 0.15) is 5.82 Å². The van der Waals surface area contributed by atoms with Crippen LogP contribution in [0.3, 0.4) is 0 Å². The summed E-state index contributed by atoms with van der Waals surface area (Å²) in [6.07, 6.45) is 0.820. The van der Waals surface area contributed by atoms with Crippen molar-refractivity contribution in [3.63, 3.8) is 0 Å². The average molecular weight is 324 g/mol. The fraction of sp³-hybridized carbons (Fsp3) is 0.294. The molecular weight excluding hydrogens is 305 g/mol. The highest BCUT2D eigenvalue weighted by atomic mass is 35.5. The number of rotatable bonds is 7. The molecule has 0 aromatic heterocycles. The van der Waals surface area contributed by atoms with E-state index >= 15 is 0 Å². The molecule has 2 aromatic carbocycles. The van der Waals surface area contributed by atoms with Crippen LogP contribution in [0.2, 0.25) is 5.02 Å². The second-order valence-corrected chi connectivity index (χ2v) is 5.29. The van der Waals surface area contributed by atoms with E-state index in [9.17, 15) is 4.39 Å². The third-order valence-corrected chi connectivity index (χ3v) is 3.56. The molecule has 0 aliphatic heterocycles. The number of ether oxygens (including phenoxy) is 2. The maximum Gasteiger partial charge on any atom is 0.165 e. The highest BCUT2D eigenvalue weighted by molar-refractivity contribution is 6.30. The Morgan fingerprint density at radius 2 is 1.82 bits per heavy atom. The van der Waals surface area contributed by atoms with Crippen LogP contribution in [0.4, 0.5) is 4.39 Å². The maximum absolute atomic E-state index is 12.8. The van der Waals surface area contributed by atoms with Gasteiger partial charge in [0.2, 0.25) is 0 Å². The zero-order valence-electron chi connectivity index (χ0n) is 12.7. The van der Waals surface area contributed by atoms with Crippen molar-refractivity contribution in [3.05, 3.63) is 58.4 Å². The van der Waals surface area contributed by atoms with Gasteiger partial charge in [-0.3, -0.25) is 0 Å². The maximum atomic E-state index is 12.8. The Bertz CT molecular complexity index is 617. The van der Waals surface area contributed by atoms with Crippen molar-refractivity contribution < 1.29 is 13.9 Å². The number of hydrogen-bond acceptors (Lipinski definition) is 3. The molecule has 0 heterocycles. The first-order valence-electron chi connectivity index (χ1n) is 6.99. The molecule has 3 nitrogen and oxygen atoms in total. The molecule has 118 valence electrons. The zero-order valence-corrected chi connectivity index (χ0v) is 13.4. The van der Waals surface area contributed by atoms with Crippen molar-refractivity contribution in [1.29, 1.82) is 0 Å². The molecule has 0 unspecified atom stereocenters. The molecule has 0 bridgehead atoms. The van der Waals surface area contributed by atoms with E-state index in [1.807, 2.05) is 6.07 Å². The van der Waals surface area contributed by atoms with Gasteiger partial charge in [-0.1, -0.05) is 23.7 Å². The number of nitrogens with one attached hydrogen (secondary N) is 1. The Kier molecular flexibility index (Phi) is 6.04. The van der Waals surface area contributed by atoms with Gasteiger partial charge < -0.3 is 14.8 Å². The van der Waals surface area contributed by atoms with E-state index in [4.69, 9.17) is 21.1 Å². The molecule has 0 amide bonds. The number of methoxy groups -OCH3 is 2.